The quantitative estimate of drug-likeness (QED) is 0.436. The number of hydrogen-bond acceptors (Lipinski definition) is 7. The minimum absolute atomic E-state index is 0. The molecule has 0 aromatic heterocycles. The molecule has 2 N–H and O–H groups in total. The van der Waals surface area contributed by atoms with E-state index in [9.17, 15) is 23.4 Å². The van der Waals surface area contributed by atoms with E-state index in [-0.39, 0.29) is 57.0 Å². The number of carbonyl (C=O) groups is 1. The number of benzene rings is 2. The Bertz CT molecular complexity index is 953. The number of hydrogen-bond donors (Lipinski definition) is 2. The van der Waals surface area contributed by atoms with E-state index in [1.165, 1.54) is 31.4 Å². The third-order valence-corrected chi connectivity index (χ3v) is 4.43. The van der Waals surface area contributed by atoms with Crippen molar-refractivity contribution in [1.29, 1.82) is 5.26 Å². The van der Waals surface area contributed by atoms with E-state index in [0.29, 0.717) is 0 Å². The third kappa shape index (κ3) is 4.64. The predicted octanol–water partition coefficient (Wildman–Crippen LogP) is -2.56. The number of methoxy groups -OCH3 is 1. The Morgan fingerprint density at radius 1 is 1.32 bits per heavy atom. The van der Waals surface area contributed by atoms with Crippen molar-refractivity contribution in [2.24, 2.45) is 0 Å². The molecule has 0 saturated carbocycles. The first-order valence-electron chi connectivity index (χ1n) is 6.44. The van der Waals surface area contributed by atoms with E-state index >= 15 is 0 Å². The van der Waals surface area contributed by atoms with Gasteiger partial charge in [-0.2, -0.15) is 5.26 Å². The molecule has 0 atom stereocenters. The van der Waals surface area contributed by atoms with Crippen LogP contribution in [0.5, 0.6) is 11.5 Å². The number of carboxylic acid groups (broad SMARTS) is 1. The molecule has 2 aromatic carbocycles. The topological polar surface area (TPSA) is 140 Å². The van der Waals surface area contributed by atoms with Crippen LogP contribution >= 0.6 is 0 Å². The van der Waals surface area contributed by atoms with Gasteiger partial charge in [-0.25, -0.2) is 8.42 Å². The van der Waals surface area contributed by atoms with Gasteiger partial charge in [-0.05, 0) is 23.8 Å². The summed E-state index contributed by atoms with van der Waals surface area (Å²) < 4.78 is 31.8. The number of aromatic carboxylic acids is 1. The first-order valence-corrected chi connectivity index (χ1v) is 7.92. The maximum atomic E-state index is 12.3. The third-order valence-electron chi connectivity index (χ3n) is 3.05. The standard InChI is InChI=1S/C15H12N2O6S.Na/c1-23-13-7-11(5-10(8-16)14(13)18)17-24(21,22)12-4-2-3-9(6-12)15(19)20;/h2-7,17-18H,1H3,(H,19,20);/q;+1/p-1. The number of nitriles is 1. The van der Waals surface area contributed by atoms with Crippen molar-refractivity contribution < 1.29 is 57.7 Å². The number of nitrogens with one attached hydrogen (secondary N) is 1. The van der Waals surface area contributed by atoms with Crippen molar-refractivity contribution >= 4 is 21.7 Å². The first kappa shape index (κ1) is 20.8. The molecule has 0 saturated heterocycles. The molecular formula is C15H11N2NaO6S. The van der Waals surface area contributed by atoms with Crippen molar-refractivity contribution in [1.82, 2.24) is 0 Å². The van der Waals surface area contributed by atoms with Crippen LogP contribution in [0.3, 0.4) is 0 Å². The van der Waals surface area contributed by atoms with E-state index < -0.39 is 21.7 Å². The van der Waals surface area contributed by atoms with E-state index in [1.54, 1.807) is 6.07 Å². The number of phenols is 1. The van der Waals surface area contributed by atoms with Crippen LogP contribution in [0.15, 0.2) is 41.3 Å². The second-order valence-corrected chi connectivity index (χ2v) is 6.29. The summed E-state index contributed by atoms with van der Waals surface area (Å²) in [6.45, 7) is 0. The Balaban J connectivity index is 0.00000312. The van der Waals surface area contributed by atoms with Crippen LogP contribution < -0.4 is 44.1 Å². The second-order valence-electron chi connectivity index (χ2n) is 4.61. The molecule has 0 heterocycles. The fourth-order valence-electron chi connectivity index (χ4n) is 1.91. The molecule has 0 spiro atoms. The molecule has 8 nitrogen and oxygen atoms in total. The largest absolute Gasteiger partial charge is 1.00 e. The van der Waals surface area contributed by atoms with Gasteiger partial charge < -0.3 is 19.7 Å². The van der Waals surface area contributed by atoms with Crippen molar-refractivity contribution in [2.45, 2.75) is 4.90 Å². The van der Waals surface area contributed by atoms with Crippen LogP contribution in [0, 0.1) is 11.3 Å². The number of rotatable bonds is 5. The van der Waals surface area contributed by atoms with Crippen LogP contribution in [-0.2, 0) is 10.0 Å². The summed E-state index contributed by atoms with van der Waals surface area (Å²) in [6, 6.07) is 8.64. The van der Waals surface area contributed by atoms with Gasteiger partial charge in [-0.15, -0.1) is 0 Å². The molecule has 0 aliphatic rings. The summed E-state index contributed by atoms with van der Waals surface area (Å²) >= 11 is 0. The minimum atomic E-state index is -4.12. The van der Waals surface area contributed by atoms with Gasteiger partial charge in [0.1, 0.15) is 6.07 Å². The van der Waals surface area contributed by atoms with E-state index in [1.807, 2.05) is 0 Å². The van der Waals surface area contributed by atoms with Crippen LogP contribution in [0.25, 0.3) is 0 Å². The average molecular weight is 370 g/mol. The Morgan fingerprint density at radius 2 is 2.00 bits per heavy atom. The molecule has 25 heavy (non-hydrogen) atoms. The van der Waals surface area contributed by atoms with E-state index in [0.717, 1.165) is 12.1 Å². The fraction of sp³-hybridized carbons (Fsp3) is 0.0667. The van der Waals surface area contributed by atoms with E-state index in [4.69, 9.17) is 10.00 Å². The summed E-state index contributed by atoms with van der Waals surface area (Å²) in [5.41, 5.74) is -0.505. The van der Waals surface area contributed by atoms with Gasteiger partial charge >= 0.3 is 29.6 Å². The zero-order chi connectivity index (χ0) is 17.9. The number of ether oxygens (including phenoxy) is 1. The van der Waals surface area contributed by atoms with Crippen molar-refractivity contribution in [2.75, 3.05) is 11.8 Å². The van der Waals surface area contributed by atoms with Crippen LogP contribution in [-0.4, -0.2) is 26.6 Å². The predicted molar refractivity (Wildman–Crippen MR) is 81.0 cm³/mol. The van der Waals surface area contributed by atoms with Gasteiger partial charge in [-0.3, -0.25) is 4.72 Å². The molecule has 0 unspecified atom stereocenters. The van der Waals surface area contributed by atoms with Gasteiger partial charge in [-0.1, -0.05) is 12.1 Å². The number of aromatic hydroxyl groups is 1. The molecule has 0 aliphatic heterocycles. The Hall–Kier alpha value is -2.25. The summed E-state index contributed by atoms with van der Waals surface area (Å²) in [4.78, 5) is 10.5. The van der Waals surface area contributed by atoms with Crippen LogP contribution in [0.2, 0.25) is 0 Å². The SMILES string of the molecule is COc1cc(NS(=O)(=O)c2cccc(C(=O)[O-])c2)cc(C#N)c1O.[Na+]. The smallest absolute Gasteiger partial charge is 0.545 e. The molecule has 2 aromatic rings. The Morgan fingerprint density at radius 3 is 2.56 bits per heavy atom. The van der Waals surface area contributed by atoms with Crippen molar-refractivity contribution in [3.63, 3.8) is 0 Å². The number of anilines is 1. The number of carbonyl (C=O) groups excluding carboxylic acids is 1. The molecular weight excluding hydrogens is 359 g/mol. The van der Waals surface area contributed by atoms with Gasteiger partial charge in [0.15, 0.2) is 11.5 Å². The van der Waals surface area contributed by atoms with E-state index in [2.05, 4.69) is 4.72 Å². The number of carboxylic acids is 1. The first-order chi connectivity index (χ1) is 11.3. The minimum Gasteiger partial charge on any atom is -0.545 e. The fourth-order valence-corrected chi connectivity index (χ4v) is 3.00. The summed E-state index contributed by atoms with van der Waals surface area (Å²) in [5, 5.41) is 29.5. The monoisotopic (exact) mass is 370 g/mol. The zero-order valence-corrected chi connectivity index (χ0v) is 16.1. The average Bonchev–Trinajstić information content (AvgIpc) is 2.56. The molecule has 0 bridgehead atoms. The zero-order valence-electron chi connectivity index (χ0n) is 13.3. The van der Waals surface area contributed by atoms with Gasteiger partial charge in [0, 0.05) is 6.07 Å². The van der Waals surface area contributed by atoms with Gasteiger partial charge in [0.05, 0.1) is 29.2 Å². The molecule has 0 aliphatic carbocycles. The number of sulfonamides is 1. The molecule has 0 radical (unpaired) electrons. The Labute approximate surface area is 166 Å². The molecule has 0 amide bonds. The second kappa shape index (κ2) is 8.22. The van der Waals surface area contributed by atoms with Gasteiger partial charge in [0.25, 0.3) is 10.0 Å². The summed E-state index contributed by atoms with van der Waals surface area (Å²) in [5.74, 6) is -2.01. The summed E-state index contributed by atoms with van der Waals surface area (Å²) in [6.07, 6.45) is 0. The van der Waals surface area contributed by atoms with Crippen LogP contribution in [0.4, 0.5) is 5.69 Å². The molecule has 0 fully saturated rings. The number of phenolic OH excluding ortho intramolecular Hbond substituents is 1. The van der Waals surface area contributed by atoms with Crippen LogP contribution in [0.1, 0.15) is 15.9 Å². The maximum absolute atomic E-state index is 12.3. The van der Waals surface area contributed by atoms with Gasteiger partial charge in [0.2, 0.25) is 0 Å². The molecule has 2 rings (SSSR count). The maximum Gasteiger partial charge on any atom is 1.00 e. The Kier molecular flexibility index (Phi) is 6.84. The normalized spacial score (nSPS) is 10.2. The number of nitrogens with zero attached hydrogens (tertiary/aromatic N) is 1. The van der Waals surface area contributed by atoms with Crippen molar-refractivity contribution in [3.8, 4) is 17.6 Å². The molecule has 10 heteroatoms. The molecule has 124 valence electrons. The summed E-state index contributed by atoms with van der Waals surface area (Å²) in [7, 11) is -2.87. The van der Waals surface area contributed by atoms with Crippen molar-refractivity contribution in [3.05, 3.63) is 47.5 Å².